The van der Waals surface area contributed by atoms with Crippen LogP contribution in [0.4, 0.5) is 0 Å². The Morgan fingerprint density at radius 2 is 1.30 bits per heavy atom. The number of carbonyl (C=O) groups is 1. The van der Waals surface area contributed by atoms with Crippen molar-refractivity contribution in [3.05, 3.63) is 78.9 Å². The Balaban J connectivity index is 1.46. The van der Waals surface area contributed by atoms with Crippen molar-refractivity contribution < 1.29 is 32.5 Å². The summed E-state index contributed by atoms with van der Waals surface area (Å²) in [5, 5.41) is 9.30. The summed E-state index contributed by atoms with van der Waals surface area (Å²) in [6, 6.07) is 20.1. The molecule has 0 aromatic heterocycles. The lowest BCUT2D eigenvalue weighted by atomic mass is 10.3. The van der Waals surface area contributed by atoms with E-state index in [-0.39, 0.29) is 35.4 Å². The number of phenols is 1. The second kappa shape index (κ2) is 9.80. The molecule has 3 rings (SSSR count). The number of esters is 1. The average Bonchev–Trinajstić information content (AvgIpc) is 2.76. The predicted molar refractivity (Wildman–Crippen MR) is 108 cm³/mol. The molecule has 0 spiro atoms. The average molecular weight is 428 g/mol. The van der Waals surface area contributed by atoms with Crippen LogP contribution in [-0.2, 0) is 19.4 Å². The second-order valence-corrected chi connectivity index (χ2v) is 8.09. The van der Waals surface area contributed by atoms with Gasteiger partial charge in [0.15, 0.2) is 6.61 Å². The van der Waals surface area contributed by atoms with Gasteiger partial charge in [0.25, 0.3) is 0 Å². The van der Waals surface area contributed by atoms with Crippen molar-refractivity contribution in [1.82, 2.24) is 0 Å². The monoisotopic (exact) mass is 428 g/mol. The van der Waals surface area contributed by atoms with Crippen molar-refractivity contribution in [1.29, 1.82) is 0 Å². The topological polar surface area (TPSA) is 99.1 Å². The Morgan fingerprint density at radius 3 is 1.93 bits per heavy atom. The van der Waals surface area contributed by atoms with Gasteiger partial charge >= 0.3 is 5.97 Å². The third-order valence-electron chi connectivity index (χ3n) is 4.00. The molecule has 0 bridgehead atoms. The molecule has 0 aliphatic carbocycles. The number of hydrogen-bond donors (Lipinski definition) is 1. The first-order valence-corrected chi connectivity index (χ1v) is 10.5. The van der Waals surface area contributed by atoms with Crippen molar-refractivity contribution in [3.63, 3.8) is 0 Å². The molecule has 0 saturated heterocycles. The number of para-hydroxylation sites is 1. The molecule has 0 amide bonds. The van der Waals surface area contributed by atoms with E-state index < -0.39 is 15.8 Å². The lowest BCUT2D eigenvalue weighted by molar-refractivity contribution is -0.146. The molecule has 3 aromatic rings. The minimum absolute atomic E-state index is 0.0174. The molecule has 7 nitrogen and oxygen atoms in total. The van der Waals surface area contributed by atoms with Crippen LogP contribution in [0.15, 0.2) is 88.7 Å². The number of carbonyl (C=O) groups excluding carboxylic acids is 1. The molecule has 0 aliphatic heterocycles. The minimum atomic E-state index is -3.71. The lowest BCUT2D eigenvalue weighted by Crippen LogP contribution is -2.18. The van der Waals surface area contributed by atoms with E-state index in [4.69, 9.17) is 14.2 Å². The number of hydrogen-bond acceptors (Lipinski definition) is 7. The molecule has 0 atom stereocenters. The second-order valence-electron chi connectivity index (χ2n) is 6.14. The Morgan fingerprint density at radius 1 is 0.733 bits per heavy atom. The summed E-state index contributed by atoms with van der Waals surface area (Å²) >= 11 is 0. The van der Waals surface area contributed by atoms with Crippen molar-refractivity contribution in [2.75, 3.05) is 19.8 Å². The van der Waals surface area contributed by atoms with Gasteiger partial charge in [-0.05, 0) is 60.7 Å². The molecule has 0 heterocycles. The number of ether oxygens (including phenoxy) is 3. The van der Waals surface area contributed by atoms with E-state index in [1.165, 1.54) is 48.5 Å². The maximum atomic E-state index is 12.6. The summed E-state index contributed by atoms with van der Waals surface area (Å²) in [5.74, 6) is 0.438. The highest BCUT2D eigenvalue weighted by atomic mass is 32.2. The number of sulfone groups is 1. The smallest absolute Gasteiger partial charge is 0.344 e. The van der Waals surface area contributed by atoms with Gasteiger partial charge in [-0.3, -0.25) is 0 Å². The molecule has 156 valence electrons. The van der Waals surface area contributed by atoms with Gasteiger partial charge in [0, 0.05) is 0 Å². The largest absolute Gasteiger partial charge is 0.508 e. The molecule has 0 aliphatic rings. The quantitative estimate of drug-likeness (QED) is 0.413. The highest BCUT2D eigenvalue weighted by Crippen LogP contribution is 2.24. The Bertz CT molecular complexity index is 1060. The number of benzene rings is 3. The van der Waals surface area contributed by atoms with Gasteiger partial charge in [-0.15, -0.1) is 0 Å². The van der Waals surface area contributed by atoms with Gasteiger partial charge in [-0.2, -0.15) is 0 Å². The first-order chi connectivity index (χ1) is 14.4. The van der Waals surface area contributed by atoms with Crippen LogP contribution < -0.4 is 9.47 Å². The van der Waals surface area contributed by atoms with E-state index in [0.29, 0.717) is 11.5 Å². The van der Waals surface area contributed by atoms with Gasteiger partial charge < -0.3 is 19.3 Å². The zero-order valence-corrected chi connectivity index (χ0v) is 16.7. The van der Waals surface area contributed by atoms with Gasteiger partial charge in [0.05, 0.1) is 9.79 Å². The summed E-state index contributed by atoms with van der Waals surface area (Å²) < 4.78 is 40.9. The first kappa shape index (κ1) is 21.2. The molecular formula is C22H20O7S. The molecule has 30 heavy (non-hydrogen) atoms. The third-order valence-corrected chi connectivity index (χ3v) is 5.78. The Hall–Kier alpha value is -3.52. The first-order valence-electron chi connectivity index (χ1n) is 9.05. The molecule has 1 N–H and O–H groups in total. The van der Waals surface area contributed by atoms with Crippen molar-refractivity contribution in [2.45, 2.75) is 9.79 Å². The van der Waals surface area contributed by atoms with E-state index in [1.54, 1.807) is 12.1 Å². The van der Waals surface area contributed by atoms with Crippen LogP contribution in [-0.4, -0.2) is 39.3 Å². The van der Waals surface area contributed by atoms with Gasteiger partial charge in [0.2, 0.25) is 9.84 Å². The zero-order valence-electron chi connectivity index (χ0n) is 15.9. The zero-order chi connectivity index (χ0) is 21.4. The van der Waals surface area contributed by atoms with E-state index in [0.717, 1.165) is 0 Å². The number of phenolic OH excluding ortho intramolecular Hbond substituents is 1. The Kier molecular flexibility index (Phi) is 6.92. The van der Waals surface area contributed by atoms with Gasteiger partial charge in [-0.25, -0.2) is 13.2 Å². The third kappa shape index (κ3) is 5.74. The summed E-state index contributed by atoms with van der Waals surface area (Å²) in [7, 11) is -3.71. The fourth-order valence-electron chi connectivity index (χ4n) is 2.49. The SMILES string of the molecule is O=C(COc1ccc(S(=O)(=O)c2ccc(O)cc2)cc1)OCCOc1ccccc1. The van der Waals surface area contributed by atoms with Crippen LogP contribution in [0.1, 0.15) is 0 Å². The lowest BCUT2D eigenvalue weighted by Gasteiger charge is -2.09. The minimum Gasteiger partial charge on any atom is -0.508 e. The highest BCUT2D eigenvalue weighted by molar-refractivity contribution is 7.91. The molecule has 0 saturated carbocycles. The Labute approximate surface area is 174 Å². The molecule has 0 unspecified atom stereocenters. The fourth-order valence-corrected chi connectivity index (χ4v) is 3.75. The summed E-state index contributed by atoms with van der Waals surface area (Å²) in [5.41, 5.74) is 0. The standard InChI is InChI=1S/C22H20O7S/c23-17-6-10-20(11-7-17)30(25,26)21-12-8-19(9-13-21)29-16-22(24)28-15-14-27-18-4-2-1-3-5-18/h1-13,23H,14-16H2. The van der Waals surface area contributed by atoms with Crippen LogP contribution >= 0.6 is 0 Å². The van der Waals surface area contributed by atoms with Crippen LogP contribution in [0.2, 0.25) is 0 Å². The van der Waals surface area contributed by atoms with Crippen molar-refractivity contribution in [2.24, 2.45) is 0 Å². The predicted octanol–water partition coefficient (Wildman–Crippen LogP) is 3.23. The van der Waals surface area contributed by atoms with E-state index in [9.17, 15) is 18.3 Å². The molecule has 3 aromatic carbocycles. The molecule has 0 radical (unpaired) electrons. The molecule has 0 fully saturated rings. The maximum absolute atomic E-state index is 12.6. The highest BCUT2D eigenvalue weighted by Gasteiger charge is 2.17. The van der Waals surface area contributed by atoms with Crippen LogP contribution in [0, 0.1) is 0 Å². The van der Waals surface area contributed by atoms with E-state index in [2.05, 4.69) is 0 Å². The van der Waals surface area contributed by atoms with Crippen LogP contribution in [0.3, 0.4) is 0 Å². The van der Waals surface area contributed by atoms with Gasteiger partial charge in [0.1, 0.15) is 30.5 Å². The number of rotatable bonds is 9. The van der Waals surface area contributed by atoms with Crippen LogP contribution in [0.25, 0.3) is 0 Å². The summed E-state index contributed by atoms with van der Waals surface area (Å²) in [4.78, 5) is 11.9. The van der Waals surface area contributed by atoms with E-state index in [1.807, 2.05) is 18.2 Å². The normalized spacial score (nSPS) is 10.9. The summed E-state index contributed by atoms with van der Waals surface area (Å²) in [6.45, 7) is -0.00410. The molecular weight excluding hydrogens is 408 g/mol. The van der Waals surface area contributed by atoms with E-state index >= 15 is 0 Å². The van der Waals surface area contributed by atoms with Crippen LogP contribution in [0.5, 0.6) is 17.2 Å². The van der Waals surface area contributed by atoms with Crippen molar-refractivity contribution in [3.8, 4) is 17.2 Å². The summed E-state index contributed by atoms with van der Waals surface area (Å²) in [6.07, 6.45) is 0. The fraction of sp³-hybridized carbons (Fsp3) is 0.136. The van der Waals surface area contributed by atoms with Crippen molar-refractivity contribution >= 4 is 15.8 Å². The maximum Gasteiger partial charge on any atom is 0.344 e. The number of aromatic hydroxyl groups is 1. The van der Waals surface area contributed by atoms with Gasteiger partial charge in [-0.1, -0.05) is 18.2 Å². The molecule has 8 heteroatoms.